The molecule has 0 saturated heterocycles. The zero-order valence-corrected chi connectivity index (χ0v) is 20.6. The molecule has 1 heterocycles. The Labute approximate surface area is 195 Å². The number of rotatable bonds is 3. The third kappa shape index (κ3) is 6.03. The monoisotopic (exact) mass is 422 g/mol. The second-order valence-electron chi connectivity index (χ2n) is 6.21. The molecule has 0 atom stereocenters. The fourth-order valence-corrected chi connectivity index (χ4v) is 3.12. The van der Waals surface area contributed by atoms with Crippen molar-refractivity contribution in [1.82, 2.24) is 9.78 Å². The van der Waals surface area contributed by atoms with E-state index >= 15 is 0 Å². The smallest absolute Gasteiger partial charge is 0.294 e. The Morgan fingerprint density at radius 1 is 0.885 bits per heavy atom. The van der Waals surface area contributed by atoms with Crippen LogP contribution < -0.4 is 64.7 Å². The maximum Gasteiger partial charge on any atom is 1.00 e. The number of aromatic amines is 1. The van der Waals surface area contributed by atoms with Crippen molar-refractivity contribution in [2.24, 2.45) is 0 Å². The Hall–Kier alpha value is 0.0500. The molecule has 1 aromatic heterocycles. The van der Waals surface area contributed by atoms with E-state index in [1.807, 2.05) is 20.8 Å². The molecule has 0 amide bonds. The molecule has 0 radical (unpaired) electrons. The molecular weight excluding hydrogens is 406 g/mol. The third-order valence-electron chi connectivity index (χ3n) is 3.25. The maximum atomic E-state index is 12.1. The SMILES string of the molecule is CC(C)(C)c1cc(=O)n(-c2cc(S(=O)(=O)O)cc(S(=O)(=O)O)c2)[nH]1.[Na+].[Na+]. The van der Waals surface area contributed by atoms with Gasteiger partial charge in [-0.1, -0.05) is 20.8 Å². The number of benzene rings is 1. The van der Waals surface area contributed by atoms with Crippen molar-refractivity contribution in [2.75, 3.05) is 0 Å². The van der Waals surface area contributed by atoms with Gasteiger partial charge in [-0.2, -0.15) is 16.8 Å². The van der Waals surface area contributed by atoms with Crippen LogP contribution in [0.3, 0.4) is 0 Å². The van der Waals surface area contributed by atoms with Crippen LogP contribution in [0.25, 0.3) is 5.69 Å². The summed E-state index contributed by atoms with van der Waals surface area (Å²) in [5, 5.41) is 2.75. The van der Waals surface area contributed by atoms with Gasteiger partial charge in [-0.05, 0) is 18.2 Å². The number of hydrogen-bond donors (Lipinski definition) is 3. The van der Waals surface area contributed by atoms with Gasteiger partial charge in [0.15, 0.2) is 0 Å². The number of H-pyrrole nitrogens is 1. The van der Waals surface area contributed by atoms with Crippen LogP contribution in [0.1, 0.15) is 26.5 Å². The largest absolute Gasteiger partial charge is 1.00 e. The molecule has 9 nitrogen and oxygen atoms in total. The van der Waals surface area contributed by atoms with Crippen LogP contribution in [-0.2, 0) is 25.7 Å². The van der Waals surface area contributed by atoms with Gasteiger partial charge in [0.25, 0.3) is 25.8 Å². The molecule has 0 fully saturated rings. The minimum Gasteiger partial charge on any atom is -0.294 e. The number of aromatic nitrogens is 2. The zero-order valence-electron chi connectivity index (χ0n) is 15.0. The van der Waals surface area contributed by atoms with Crippen LogP contribution in [0, 0.1) is 0 Å². The van der Waals surface area contributed by atoms with Crippen LogP contribution in [0.2, 0.25) is 0 Å². The molecule has 0 saturated carbocycles. The summed E-state index contributed by atoms with van der Waals surface area (Å²) in [6.45, 7) is 5.50. The van der Waals surface area contributed by atoms with E-state index in [1.54, 1.807) is 0 Å². The molecule has 0 spiro atoms. The Morgan fingerprint density at radius 2 is 1.31 bits per heavy atom. The first kappa shape index (κ1) is 26.1. The van der Waals surface area contributed by atoms with E-state index in [0.717, 1.165) is 16.8 Å². The summed E-state index contributed by atoms with van der Waals surface area (Å²) >= 11 is 0. The van der Waals surface area contributed by atoms with E-state index in [9.17, 15) is 21.6 Å². The van der Waals surface area contributed by atoms with Crippen molar-refractivity contribution in [3.63, 3.8) is 0 Å². The van der Waals surface area contributed by atoms with E-state index < -0.39 is 41.0 Å². The zero-order chi connectivity index (χ0) is 18.5. The summed E-state index contributed by atoms with van der Waals surface area (Å²) in [7, 11) is -9.51. The van der Waals surface area contributed by atoms with Gasteiger partial charge in [0.2, 0.25) is 0 Å². The van der Waals surface area contributed by atoms with E-state index in [0.29, 0.717) is 11.8 Å². The second-order valence-corrected chi connectivity index (χ2v) is 9.05. The molecule has 26 heavy (non-hydrogen) atoms. The normalized spacial score (nSPS) is 12.2. The number of nitrogens with one attached hydrogen (secondary N) is 1. The predicted octanol–water partition coefficient (Wildman–Crippen LogP) is -5.04. The van der Waals surface area contributed by atoms with E-state index in [-0.39, 0.29) is 64.8 Å². The van der Waals surface area contributed by atoms with Crippen molar-refractivity contribution >= 4 is 20.2 Å². The van der Waals surface area contributed by atoms with Crippen LogP contribution >= 0.6 is 0 Å². The molecule has 13 heteroatoms. The average Bonchev–Trinajstić information content (AvgIpc) is 2.78. The second kappa shape index (κ2) is 8.60. The maximum absolute atomic E-state index is 12.1. The summed E-state index contributed by atoms with van der Waals surface area (Å²) in [6.07, 6.45) is 0. The van der Waals surface area contributed by atoms with Crippen molar-refractivity contribution in [2.45, 2.75) is 36.0 Å². The van der Waals surface area contributed by atoms with Gasteiger partial charge in [-0.15, -0.1) is 0 Å². The summed E-state index contributed by atoms with van der Waals surface area (Å²) in [5.41, 5.74) is -0.623. The summed E-state index contributed by atoms with van der Waals surface area (Å²) in [5.74, 6) is 0. The Morgan fingerprint density at radius 3 is 1.62 bits per heavy atom. The molecule has 1 aromatic carbocycles. The minimum atomic E-state index is -4.76. The van der Waals surface area contributed by atoms with Gasteiger partial charge in [-0.3, -0.25) is 19.0 Å². The van der Waals surface area contributed by atoms with Crippen LogP contribution in [0.5, 0.6) is 0 Å². The summed E-state index contributed by atoms with van der Waals surface area (Å²) < 4.78 is 64.5. The summed E-state index contributed by atoms with van der Waals surface area (Å²) in [4.78, 5) is 10.6. The Kier molecular flexibility index (Phi) is 8.61. The Balaban J connectivity index is 0.00000312. The van der Waals surface area contributed by atoms with Crippen molar-refractivity contribution in [3.8, 4) is 5.69 Å². The predicted molar refractivity (Wildman–Crippen MR) is 84.7 cm³/mol. The quantitative estimate of drug-likeness (QED) is 0.331. The summed E-state index contributed by atoms with van der Waals surface area (Å²) in [6, 6.07) is 3.70. The fraction of sp³-hybridized carbons (Fsp3) is 0.308. The number of hydrogen-bond acceptors (Lipinski definition) is 5. The van der Waals surface area contributed by atoms with Crippen molar-refractivity contribution < 1.29 is 85.1 Å². The molecule has 0 aliphatic rings. The molecule has 0 bridgehead atoms. The van der Waals surface area contributed by atoms with Gasteiger partial charge in [0.05, 0.1) is 15.5 Å². The number of nitrogens with zero attached hydrogens (tertiary/aromatic N) is 1. The van der Waals surface area contributed by atoms with Crippen LogP contribution in [-0.4, -0.2) is 35.7 Å². The molecular formula is C13H16N2Na2O7S2+2. The molecule has 132 valence electrons. The molecule has 0 aliphatic heterocycles. The topological polar surface area (TPSA) is 147 Å². The van der Waals surface area contributed by atoms with Gasteiger partial charge in [0.1, 0.15) is 0 Å². The van der Waals surface area contributed by atoms with Gasteiger partial charge in [-0.25, -0.2) is 4.68 Å². The fourth-order valence-electron chi connectivity index (χ4n) is 1.96. The molecule has 2 rings (SSSR count). The van der Waals surface area contributed by atoms with Gasteiger partial charge < -0.3 is 0 Å². The van der Waals surface area contributed by atoms with E-state index in [2.05, 4.69) is 5.10 Å². The molecule has 0 aliphatic carbocycles. The third-order valence-corrected chi connectivity index (χ3v) is 4.91. The van der Waals surface area contributed by atoms with E-state index in [1.165, 1.54) is 6.07 Å². The average molecular weight is 422 g/mol. The standard InChI is InChI=1S/C13H16N2O7S2.2Na/c1-13(2,3)11-7-12(16)15(14-11)8-4-9(23(17,18)19)6-10(5-8)24(20,21)22;;/h4-7,14H,1-3H3,(H,17,18,19)(H,20,21,22);;/q;2*+1. The Bertz CT molecular complexity index is 1010. The van der Waals surface area contributed by atoms with Crippen LogP contribution in [0.4, 0.5) is 0 Å². The van der Waals surface area contributed by atoms with Gasteiger partial charge in [0, 0.05) is 17.2 Å². The van der Waals surface area contributed by atoms with E-state index in [4.69, 9.17) is 9.11 Å². The molecule has 0 unspecified atom stereocenters. The molecule has 2 aromatic rings. The first-order chi connectivity index (χ1) is 10.7. The van der Waals surface area contributed by atoms with Crippen molar-refractivity contribution in [1.29, 1.82) is 0 Å². The first-order valence-corrected chi connectivity index (χ1v) is 9.50. The van der Waals surface area contributed by atoms with Crippen molar-refractivity contribution in [3.05, 3.63) is 40.3 Å². The van der Waals surface area contributed by atoms with Gasteiger partial charge >= 0.3 is 59.1 Å². The van der Waals surface area contributed by atoms with Crippen LogP contribution in [0.15, 0.2) is 38.9 Å². The first-order valence-electron chi connectivity index (χ1n) is 6.62. The minimum absolute atomic E-state index is 0. The molecule has 3 N–H and O–H groups in total.